The number of nitrogens with one attached hydrogen (secondary N) is 1. The van der Waals surface area contributed by atoms with Crippen molar-refractivity contribution in [1.82, 2.24) is 5.32 Å². The Morgan fingerprint density at radius 1 is 0.769 bits per heavy atom. The third kappa shape index (κ3) is 6.46. The summed E-state index contributed by atoms with van der Waals surface area (Å²) in [6.45, 7) is 12.9. The molecule has 1 aliphatic rings. The molecule has 4 aromatic rings. The maximum absolute atomic E-state index is 4.65. The van der Waals surface area contributed by atoms with Crippen LogP contribution >= 0.6 is 12.6 Å². The lowest BCUT2D eigenvalue weighted by molar-refractivity contribution is 0.664. The molecule has 1 unspecified atom stereocenters. The van der Waals surface area contributed by atoms with Crippen molar-refractivity contribution >= 4 is 18.2 Å². The molecule has 1 N–H and O–H groups in total. The van der Waals surface area contributed by atoms with Crippen LogP contribution in [0.25, 0.3) is 16.7 Å². The van der Waals surface area contributed by atoms with Crippen LogP contribution in [0.4, 0.5) is 0 Å². The van der Waals surface area contributed by atoms with Gasteiger partial charge in [-0.3, -0.25) is 0 Å². The van der Waals surface area contributed by atoms with Crippen LogP contribution in [-0.2, 0) is 25.7 Å². The van der Waals surface area contributed by atoms with E-state index in [-0.39, 0.29) is 6.04 Å². The Morgan fingerprint density at radius 2 is 1.38 bits per heavy atom. The monoisotopic (exact) mass is 527 g/mol. The molecule has 0 bridgehead atoms. The smallest absolute Gasteiger partial charge is 0.0604 e. The van der Waals surface area contributed by atoms with Crippen molar-refractivity contribution in [2.75, 3.05) is 0 Å². The number of rotatable bonds is 10. The van der Waals surface area contributed by atoms with Crippen LogP contribution in [0.2, 0.25) is 0 Å². The van der Waals surface area contributed by atoms with Gasteiger partial charge in [0.25, 0.3) is 0 Å². The highest BCUT2D eigenvalue weighted by molar-refractivity contribution is 7.84. The van der Waals surface area contributed by atoms with Crippen molar-refractivity contribution in [3.05, 3.63) is 160 Å². The van der Waals surface area contributed by atoms with Gasteiger partial charge in [-0.15, -0.1) is 12.6 Å². The fourth-order valence-electron chi connectivity index (χ4n) is 5.41. The molecule has 0 radical (unpaired) electrons. The molecule has 39 heavy (non-hydrogen) atoms. The summed E-state index contributed by atoms with van der Waals surface area (Å²) in [5, 5.41) is 3.66. The normalized spacial score (nSPS) is 13.2. The van der Waals surface area contributed by atoms with E-state index in [4.69, 9.17) is 0 Å². The lowest BCUT2D eigenvalue weighted by atomic mass is 9.98. The van der Waals surface area contributed by atoms with Crippen molar-refractivity contribution in [1.29, 1.82) is 0 Å². The van der Waals surface area contributed by atoms with E-state index in [1.165, 1.54) is 55.7 Å². The van der Waals surface area contributed by atoms with Crippen molar-refractivity contribution in [3.63, 3.8) is 0 Å². The average Bonchev–Trinajstić information content (AvgIpc) is 3.29. The van der Waals surface area contributed by atoms with Crippen molar-refractivity contribution < 1.29 is 0 Å². The molecule has 0 saturated carbocycles. The number of aryl methyl sites for hydroxylation is 3. The molecule has 0 aromatic heterocycles. The van der Waals surface area contributed by atoms with E-state index >= 15 is 0 Å². The topological polar surface area (TPSA) is 12.0 Å². The van der Waals surface area contributed by atoms with Gasteiger partial charge in [0.2, 0.25) is 0 Å². The predicted octanol–water partition coefficient (Wildman–Crippen LogP) is 8.93. The van der Waals surface area contributed by atoms with Crippen LogP contribution in [0.1, 0.15) is 40.3 Å². The minimum absolute atomic E-state index is 0.00290. The van der Waals surface area contributed by atoms with Crippen LogP contribution in [0, 0.1) is 6.92 Å². The summed E-state index contributed by atoms with van der Waals surface area (Å²) in [5.41, 5.74) is 14.0. The third-order valence-corrected chi connectivity index (χ3v) is 8.15. The van der Waals surface area contributed by atoms with Gasteiger partial charge in [0.15, 0.2) is 0 Å². The summed E-state index contributed by atoms with van der Waals surface area (Å²) < 4.78 is 0. The maximum atomic E-state index is 4.65. The zero-order valence-corrected chi connectivity index (χ0v) is 23.9. The molecular formula is C37H37NS. The highest BCUT2D eigenvalue weighted by Gasteiger charge is 2.23. The summed E-state index contributed by atoms with van der Waals surface area (Å²) in [7, 11) is 0. The fourth-order valence-corrected chi connectivity index (χ4v) is 5.57. The number of allylic oxidation sites excluding steroid dienone is 2. The predicted molar refractivity (Wildman–Crippen MR) is 171 cm³/mol. The first-order chi connectivity index (χ1) is 18.9. The Labute approximate surface area is 239 Å². The van der Waals surface area contributed by atoms with Crippen molar-refractivity contribution in [3.8, 4) is 11.1 Å². The Hall–Kier alpha value is -3.75. The van der Waals surface area contributed by atoms with Gasteiger partial charge in [0.05, 0.1) is 6.04 Å². The van der Waals surface area contributed by atoms with E-state index in [1.54, 1.807) is 0 Å². The molecule has 0 spiro atoms. The van der Waals surface area contributed by atoms with Crippen LogP contribution < -0.4 is 5.32 Å². The Balaban J connectivity index is 1.23. The molecule has 0 fully saturated rings. The zero-order valence-electron chi connectivity index (χ0n) is 23.0. The van der Waals surface area contributed by atoms with E-state index in [0.29, 0.717) is 0 Å². The molecule has 0 amide bonds. The first-order valence-corrected chi connectivity index (χ1v) is 14.2. The second kappa shape index (κ2) is 12.0. The first-order valence-electron chi connectivity index (χ1n) is 13.7. The van der Waals surface area contributed by atoms with Crippen LogP contribution in [-0.4, -0.2) is 6.04 Å². The fraction of sp³-hybridized carbons (Fsp3) is 0.189. The minimum Gasteiger partial charge on any atom is -0.378 e. The van der Waals surface area contributed by atoms with Gasteiger partial charge >= 0.3 is 0 Å². The molecule has 196 valence electrons. The molecular weight excluding hydrogens is 490 g/mol. The van der Waals surface area contributed by atoms with E-state index in [0.717, 1.165) is 36.3 Å². The van der Waals surface area contributed by atoms with Gasteiger partial charge in [-0.2, -0.15) is 0 Å². The second-order valence-corrected chi connectivity index (χ2v) is 11.3. The van der Waals surface area contributed by atoms with E-state index < -0.39 is 0 Å². The van der Waals surface area contributed by atoms with Crippen LogP contribution in [0.5, 0.6) is 0 Å². The third-order valence-electron chi connectivity index (χ3n) is 7.84. The second-order valence-electron chi connectivity index (χ2n) is 10.7. The van der Waals surface area contributed by atoms with Gasteiger partial charge in [-0.25, -0.2) is 0 Å². The van der Waals surface area contributed by atoms with Gasteiger partial charge in [0, 0.05) is 12.1 Å². The van der Waals surface area contributed by atoms with Gasteiger partial charge in [0.1, 0.15) is 0 Å². The number of hydrogen-bond donors (Lipinski definition) is 2. The summed E-state index contributed by atoms with van der Waals surface area (Å²) >= 11 is 4.65. The number of fused-ring (bicyclic) bond motifs is 1. The molecule has 1 nitrogen and oxygen atoms in total. The van der Waals surface area contributed by atoms with E-state index in [2.05, 4.69) is 142 Å². The molecule has 4 aromatic carbocycles. The average molecular weight is 528 g/mol. The number of benzene rings is 4. The lowest BCUT2D eigenvalue weighted by Gasteiger charge is -2.22. The highest BCUT2D eigenvalue weighted by atomic mass is 32.1. The quantitative estimate of drug-likeness (QED) is 0.196. The maximum Gasteiger partial charge on any atom is 0.0604 e. The molecule has 0 saturated heterocycles. The SMILES string of the molecule is C=C(NC(Cc1ccc(CCc2ccccc2)cc1)C(=C)S)C1=C(C)c2ccc(-c3ccc(C)cc3)cc2C1. The number of thiol groups is 1. The van der Waals surface area contributed by atoms with Crippen molar-refractivity contribution in [2.45, 2.75) is 45.6 Å². The molecule has 0 aliphatic heterocycles. The molecule has 5 rings (SSSR count). The highest BCUT2D eigenvalue weighted by Crippen LogP contribution is 2.37. The Kier molecular flexibility index (Phi) is 8.24. The standard InChI is InChI=1S/C37H37NS/c1-25-10-18-32(19-11-25)33-20-21-35-26(2)36(24-34(35)23-33)27(3)38-37(28(4)39)22-31-16-14-30(15-17-31)13-12-29-8-6-5-7-9-29/h5-11,14-21,23,37-39H,3-4,12-13,22,24H2,1-2H3. The first kappa shape index (κ1) is 26.8. The zero-order chi connectivity index (χ0) is 27.4. The van der Waals surface area contributed by atoms with Crippen LogP contribution in [0.15, 0.2) is 126 Å². The Bertz CT molecular complexity index is 1510. The van der Waals surface area contributed by atoms with Gasteiger partial charge < -0.3 is 5.32 Å². The largest absolute Gasteiger partial charge is 0.378 e. The summed E-state index contributed by atoms with van der Waals surface area (Å²) in [6.07, 6.45) is 3.80. The van der Waals surface area contributed by atoms with Crippen LogP contribution in [0.3, 0.4) is 0 Å². The Morgan fingerprint density at radius 3 is 2.05 bits per heavy atom. The van der Waals surface area contributed by atoms with E-state index in [1.807, 2.05) is 0 Å². The van der Waals surface area contributed by atoms with Crippen molar-refractivity contribution in [2.24, 2.45) is 0 Å². The summed E-state index contributed by atoms with van der Waals surface area (Å²) in [6, 6.07) is 35.2. The van der Waals surface area contributed by atoms with Gasteiger partial charge in [-0.1, -0.05) is 116 Å². The molecule has 0 heterocycles. The summed E-state index contributed by atoms with van der Waals surface area (Å²) in [5.74, 6) is 0. The lowest BCUT2D eigenvalue weighted by Crippen LogP contribution is -2.31. The van der Waals surface area contributed by atoms with Gasteiger partial charge in [-0.05, 0) is 88.1 Å². The molecule has 1 atom stereocenters. The minimum atomic E-state index is 0.00290. The number of hydrogen-bond acceptors (Lipinski definition) is 2. The molecule has 1 aliphatic carbocycles. The summed E-state index contributed by atoms with van der Waals surface area (Å²) in [4.78, 5) is 0.819. The molecule has 2 heteroatoms. The van der Waals surface area contributed by atoms with E-state index in [9.17, 15) is 0 Å².